The van der Waals surface area contributed by atoms with Gasteiger partial charge in [-0.15, -0.1) is 0 Å². The molecule has 0 saturated heterocycles. The summed E-state index contributed by atoms with van der Waals surface area (Å²) in [6.07, 6.45) is 0.751. The Balaban J connectivity index is 2.09. The number of carboxylic acid groups (broad SMARTS) is 1. The average Bonchev–Trinajstić information content (AvgIpc) is 3.06. The zero-order valence-electron chi connectivity index (χ0n) is 10.6. The Morgan fingerprint density at radius 1 is 1.42 bits per heavy atom. The predicted octanol–water partition coefficient (Wildman–Crippen LogP) is 2.63. The lowest BCUT2D eigenvalue weighted by Gasteiger charge is -2.17. The van der Waals surface area contributed by atoms with Crippen LogP contribution in [0.15, 0.2) is 24.3 Å². The van der Waals surface area contributed by atoms with E-state index in [9.17, 15) is 9.59 Å². The first kappa shape index (κ1) is 13.9. The quantitative estimate of drug-likeness (QED) is 0.872. The molecular formula is C14H16ClNO3. The van der Waals surface area contributed by atoms with E-state index in [4.69, 9.17) is 16.7 Å². The van der Waals surface area contributed by atoms with E-state index in [1.807, 2.05) is 6.92 Å². The zero-order chi connectivity index (χ0) is 14.0. The summed E-state index contributed by atoms with van der Waals surface area (Å²) < 4.78 is 0. The van der Waals surface area contributed by atoms with Gasteiger partial charge in [0.2, 0.25) is 5.91 Å². The van der Waals surface area contributed by atoms with Crippen LogP contribution in [-0.2, 0) is 9.59 Å². The van der Waals surface area contributed by atoms with Gasteiger partial charge in [0.05, 0.1) is 12.5 Å². The number of hydrogen-bond donors (Lipinski definition) is 2. The highest BCUT2D eigenvalue weighted by atomic mass is 35.5. The summed E-state index contributed by atoms with van der Waals surface area (Å²) in [7, 11) is 0. The van der Waals surface area contributed by atoms with Crippen LogP contribution in [0.5, 0.6) is 0 Å². The van der Waals surface area contributed by atoms with Crippen molar-refractivity contribution in [2.75, 3.05) is 0 Å². The van der Waals surface area contributed by atoms with Crippen molar-refractivity contribution in [3.05, 3.63) is 34.9 Å². The van der Waals surface area contributed by atoms with Gasteiger partial charge in [-0.1, -0.05) is 30.7 Å². The molecule has 0 aliphatic heterocycles. The largest absolute Gasteiger partial charge is 0.481 e. The standard InChI is InChI=1S/C14H16ClNO3/c1-8-6-11(8)14(19)16-12(7-13(17)18)9-2-4-10(15)5-3-9/h2-5,8,11-12H,6-7H2,1H3,(H,16,19)(H,17,18). The van der Waals surface area contributed by atoms with Gasteiger partial charge in [-0.05, 0) is 30.0 Å². The molecule has 3 atom stereocenters. The number of rotatable bonds is 5. The third kappa shape index (κ3) is 3.70. The Labute approximate surface area is 116 Å². The molecule has 0 spiro atoms. The van der Waals surface area contributed by atoms with Crippen molar-refractivity contribution in [3.8, 4) is 0 Å². The maximum atomic E-state index is 11.9. The summed E-state index contributed by atoms with van der Waals surface area (Å²) in [6.45, 7) is 2.01. The Morgan fingerprint density at radius 2 is 2.00 bits per heavy atom. The van der Waals surface area contributed by atoms with Gasteiger partial charge >= 0.3 is 5.97 Å². The van der Waals surface area contributed by atoms with Crippen LogP contribution in [0.3, 0.4) is 0 Å². The fourth-order valence-electron chi connectivity index (χ4n) is 2.09. The minimum Gasteiger partial charge on any atom is -0.481 e. The maximum absolute atomic E-state index is 11.9. The zero-order valence-corrected chi connectivity index (χ0v) is 11.4. The normalized spacial score (nSPS) is 22.6. The fourth-order valence-corrected chi connectivity index (χ4v) is 2.21. The highest BCUT2D eigenvalue weighted by Gasteiger charge is 2.39. The predicted molar refractivity (Wildman–Crippen MR) is 71.9 cm³/mol. The van der Waals surface area contributed by atoms with E-state index in [-0.39, 0.29) is 18.2 Å². The summed E-state index contributed by atoms with van der Waals surface area (Å²) in [5.41, 5.74) is 0.758. The number of hydrogen-bond acceptors (Lipinski definition) is 2. The lowest BCUT2D eigenvalue weighted by Crippen LogP contribution is -2.31. The Morgan fingerprint density at radius 3 is 2.47 bits per heavy atom. The summed E-state index contributed by atoms with van der Waals surface area (Å²) in [6, 6.07) is 6.36. The molecule has 19 heavy (non-hydrogen) atoms. The first-order valence-corrected chi connectivity index (χ1v) is 6.63. The van der Waals surface area contributed by atoms with E-state index in [1.165, 1.54) is 0 Å². The Kier molecular flexibility index (Phi) is 4.10. The summed E-state index contributed by atoms with van der Waals surface area (Å²) >= 11 is 5.80. The molecule has 0 bridgehead atoms. The molecule has 1 amide bonds. The van der Waals surface area contributed by atoms with Gasteiger partial charge in [0.15, 0.2) is 0 Å². The van der Waals surface area contributed by atoms with Gasteiger partial charge in [0, 0.05) is 10.9 Å². The third-order valence-corrected chi connectivity index (χ3v) is 3.67. The third-order valence-electron chi connectivity index (χ3n) is 3.41. The maximum Gasteiger partial charge on any atom is 0.305 e. The number of aliphatic carboxylic acids is 1. The number of carboxylic acids is 1. The van der Waals surface area contributed by atoms with E-state index in [2.05, 4.69) is 5.32 Å². The Hall–Kier alpha value is -1.55. The van der Waals surface area contributed by atoms with Crippen molar-refractivity contribution in [1.29, 1.82) is 0 Å². The van der Waals surface area contributed by atoms with Crippen molar-refractivity contribution < 1.29 is 14.7 Å². The minimum atomic E-state index is -0.941. The molecule has 1 aliphatic rings. The van der Waals surface area contributed by atoms with Crippen molar-refractivity contribution >= 4 is 23.5 Å². The van der Waals surface area contributed by atoms with E-state index in [0.717, 1.165) is 12.0 Å². The van der Waals surface area contributed by atoms with Crippen molar-refractivity contribution in [2.24, 2.45) is 11.8 Å². The molecule has 5 heteroatoms. The van der Waals surface area contributed by atoms with Crippen molar-refractivity contribution in [1.82, 2.24) is 5.32 Å². The molecule has 1 aromatic rings. The number of halogens is 1. The lowest BCUT2D eigenvalue weighted by molar-refractivity contribution is -0.137. The average molecular weight is 282 g/mol. The van der Waals surface area contributed by atoms with Crippen LogP contribution >= 0.6 is 11.6 Å². The molecule has 1 saturated carbocycles. The Bertz CT molecular complexity index is 486. The lowest BCUT2D eigenvalue weighted by atomic mass is 10.0. The van der Waals surface area contributed by atoms with Gasteiger partial charge in [-0.3, -0.25) is 9.59 Å². The first-order valence-electron chi connectivity index (χ1n) is 6.25. The summed E-state index contributed by atoms with van der Waals surface area (Å²) in [4.78, 5) is 22.8. The van der Waals surface area contributed by atoms with Crippen LogP contribution in [0.25, 0.3) is 0 Å². The highest BCUT2D eigenvalue weighted by Crippen LogP contribution is 2.38. The van der Waals surface area contributed by atoms with Crippen LogP contribution in [0.1, 0.15) is 31.4 Å². The number of amides is 1. The van der Waals surface area contributed by atoms with Crippen LogP contribution in [0, 0.1) is 11.8 Å². The number of benzene rings is 1. The van der Waals surface area contributed by atoms with Crippen LogP contribution in [-0.4, -0.2) is 17.0 Å². The van der Waals surface area contributed by atoms with Crippen LogP contribution in [0.4, 0.5) is 0 Å². The van der Waals surface area contributed by atoms with E-state index in [1.54, 1.807) is 24.3 Å². The molecule has 0 heterocycles. The smallest absolute Gasteiger partial charge is 0.305 e. The molecule has 1 aromatic carbocycles. The van der Waals surface area contributed by atoms with E-state index < -0.39 is 12.0 Å². The van der Waals surface area contributed by atoms with Gasteiger partial charge in [0.25, 0.3) is 0 Å². The molecule has 2 rings (SSSR count). The molecule has 1 aliphatic carbocycles. The number of carbonyl (C=O) groups is 2. The van der Waals surface area contributed by atoms with E-state index >= 15 is 0 Å². The second kappa shape index (κ2) is 5.61. The molecule has 3 unspecified atom stereocenters. The molecule has 102 valence electrons. The fraction of sp³-hybridized carbons (Fsp3) is 0.429. The number of nitrogens with one attached hydrogen (secondary N) is 1. The van der Waals surface area contributed by atoms with Crippen molar-refractivity contribution in [2.45, 2.75) is 25.8 Å². The molecule has 4 nitrogen and oxygen atoms in total. The highest BCUT2D eigenvalue weighted by molar-refractivity contribution is 6.30. The molecule has 0 aromatic heterocycles. The molecule has 0 radical (unpaired) electrons. The van der Waals surface area contributed by atoms with Crippen LogP contribution in [0.2, 0.25) is 5.02 Å². The van der Waals surface area contributed by atoms with Gasteiger partial charge < -0.3 is 10.4 Å². The minimum absolute atomic E-state index is 0.0311. The number of carbonyl (C=O) groups excluding carboxylic acids is 1. The monoisotopic (exact) mass is 281 g/mol. The second-order valence-electron chi connectivity index (χ2n) is 5.03. The molecule has 1 fully saturated rings. The topological polar surface area (TPSA) is 66.4 Å². The van der Waals surface area contributed by atoms with Gasteiger partial charge in [0.1, 0.15) is 0 Å². The summed E-state index contributed by atoms with van der Waals surface area (Å²) in [5.74, 6) is -0.572. The molecule has 2 N–H and O–H groups in total. The first-order chi connectivity index (χ1) is 8.97. The second-order valence-corrected chi connectivity index (χ2v) is 5.47. The van der Waals surface area contributed by atoms with Crippen LogP contribution < -0.4 is 5.32 Å². The SMILES string of the molecule is CC1CC1C(=O)NC(CC(=O)O)c1ccc(Cl)cc1. The van der Waals surface area contributed by atoms with Gasteiger partial charge in [-0.25, -0.2) is 0 Å². The summed E-state index contributed by atoms with van der Waals surface area (Å²) in [5, 5.41) is 12.3. The van der Waals surface area contributed by atoms with Gasteiger partial charge in [-0.2, -0.15) is 0 Å². The van der Waals surface area contributed by atoms with E-state index in [0.29, 0.717) is 10.9 Å². The molecular weight excluding hydrogens is 266 g/mol. The van der Waals surface area contributed by atoms with Crippen molar-refractivity contribution in [3.63, 3.8) is 0 Å².